The number of nitrogens with zero attached hydrogens (tertiary/aromatic N) is 3. The molecule has 0 fully saturated rings. The summed E-state index contributed by atoms with van der Waals surface area (Å²) in [7, 11) is 0. The molecular weight excluding hydrogens is 284 g/mol. The Morgan fingerprint density at radius 1 is 0.826 bits per heavy atom. The van der Waals surface area contributed by atoms with E-state index in [2.05, 4.69) is 63.4 Å². The second kappa shape index (κ2) is 6.92. The molecule has 0 amide bonds. The highest BCUT2D eigenvalue weighted by Gasteiger charge is 2.14. The van der Waals surface area contributed by atoms with Crippen LogP contribution in [0.2, 0.25) is 0 Å². The summed E-state index contributed by atoms with van der Waals surface area (Å²) < 4.78 is 0. The third kappa shape index (κ3) is 3.66. The van der Waals surface area contributed by atoms with Crippen LogP contribution in [-0.2, 0) is 13.1 Å². The molecule has 3 aromatic rings. The lowest BCUT2D eigenvalue weighted by atomic mass is 10.1. The minimum Gasteiger partial charge on any atom is -0.383 e. The standard InChI is InChI=1S/C19H20N4/c1-15-18(20)21-14-22-19(15)23(12-16-8-4-2-5-9-16)13-17-10-6-3-7-11-17/h2-11,14H,12-13H2,1H3,(H2,20,21,22). The molecule has 4 nitrogen and oxygen atoms in total. The van der Waals surface area contributed by atoms with E-state index in [1.807, 2.05) is 19.1 Å². The predicted molar refractivity (Wildman–Crippen MR) is 94.0 cm³/mol. The zero-order valence-corrected chi connectivity index (χ0v) is 13.2. The quantitative estimate of drug-likeness (QED) is 0.783. The summed E-state index contributed by atoms with van der Waals surface area (Å²) in [6.45, 7) is 3.51. The molecule has 0 saturated carbocycles. The molecular formula is C19H20N4. The lowest BCUT2D eigenvalue weighted by Crippen LogP contribution is -2.24. The number of nitrogen functional groups attached to an aromatic ring is 1. The van der Waals surface area contributed by atoms with Crippen molar-refractivity contribution in [2.45, 2.75) is 20.0 Å². The fraction of sp³-hybridized carbons (Fsp3) is 0.158. The fourth-order valence-electron chi connectivity index (χ4n) is 2.59. The van der Waals surface area contributed by atoms with E-state index in [1.54, 1.807) is 0 Å². The monoisotopic (exact) mass is 304 g/mol. The van der Waals surface area contributed by atoms with Crippen LogP contribution in [0.1, 0.15) is 16.7 Å². The van der Waals surface area contributed by atoms with Crippen molar-refractivity contribution < 1.29 is 0 Å². The Balaban J connectivity index is 1.94. The Hall–Kier alpha value is -2.88. The Labute approximate surface area is 136 Å². The van der Waals surface area contributed by atoms with Crippen molar-refractivity contribution in [3.63, 3.8) is 0 Å². The van der Waals surface area contributed by atoms with Gasteiger partial charge in [0.1, 0.15) is 18.0 Å². The first-order chi connectivity index (χ1) is 11.2. The average molecular weight is 304 g/mol. The van der Waals surface area contributed by atoms with Crippen molar-refractivity contribution in [2.75, 3.05) is 10.6 Å². The number of aromatic nitrogens is 2. The van der Waals surface area contributed by atoms with Crippen molar-refractivity contribution in [3.05, 3.63) is 83.7 Å². The number of nitrogens with two attached hydrogens (primary N) is 1. The van der Waals surface area contributed by atoms with Crippen LogP contribution in [0.15, 0.2) is 67.0 Å². The van der Waals surface area contributed by atoms with Gasteiger partial charge < -0.3 is 10.6 Å². The van der Waals surface area contributed by atoms with E-state index in [-0.39, 0.29) is 0 Å². The van der Waals surface area contributed by atoms with Crippen LogP contribution in [0.25, 0.3) is 0 Å². The summed E-state index contributed by atoms with van der Waals surface area (Å²) in [5, 5.41) is 0. The normalized spacial score (nSPS) is 10.5. The highest BCUT2D eigenvalue weighted by molar-refractivity contribution is 5.56. The molecule has 0 unspecified atom stereocenters. The number of anilines is 2. The van der Waals surface area contributed by atoms with Gasteiger partial charge in [-0.1, -0.05) is 60.7 Å². The van der Waals surface area contributed by atoms with Gasteiger partial charge in [-0.2, -0.15) is 0 Å². The van der Waals surface area contributed by atoms with Crippen molar-refractivity contribution in [3.8, 4) is 0 Å². The highest BCUT2D eigenvalue weighted by atomic mass is 15.2. The Morgan fingerprint density at radius 2 is 1.35 bits per heavy atom. The molecule has 0 aliphatic rings. The minimum atomic E-state index is 0.529. The molecule has 0 aliphatic heterocycles. The largest absolute Gasteiger partial charge is 0.383 e. The summed E-state index contributed by atoms with van der Waals surface area (Å²) in [4.78, 5) is 10.8. The van der Waals surface area contributed by atoms with E-state index >= 15 is 0 Å². The van der Waals surface area contributed by atoms with E-state index in [9.17, 15) is 0 Å². The second-order valence-corrected chi connectivity index (χ2v) is 5.53. The van der Waals surface area contributed by atoms with E-state index in [4.69, 9.17) is 5.73 Å². The van der Waals surface area contributed by atoms with E-state index < -0.39 is 0 Å². The predicted octanol–water partition coefficient (Wildman–Crippen LogP) is 3.57. The zero-order valence-electron chi connectivity index (χ0n) is 13.2. The Morgan fingerprint density at radius 3 is 1.87 bits per heavy atom. The molecule has 1 aromatic heterocycles. The van der Waals surface area contributed by atoms with Crippen LogP contribution in [0, 0.1) is 6.92 Å². The molecule has 2 N–H and O–H groups in total. The second-order valence-electron chi connectivity index (χ2n) is 5.53. The van der Waals surface area contributed by atoms with Crippen LogP contribution in [0.3, 0.4) is 0 Å². The van der Waals surface area contributed by atoms with Crippen molar-refractivity contribution in [2.24, 2.45) is 0 Å². The number of rotatable bonds is 5. The van der Waals surface area contributed by atoms with Gasteiger partial charge >= 0.3 is 0 Å². The zero-order chi connectivity index (χ0) is 16.1. The summed E-state index contributed by atoms with van der Waals surface area (Å²) in [5.74, 6) is 1.41. The molecule has 116 valence electrons. The Kier molecular flexibility index (Phi) is 4.52. The van der Waals surface area contributed by atoms with Crippen LogP contribution in [0.5, 0.6) is 0 Å². The summed E-state index contributed by atoms with van der Waals surface area (Å²) >= 11 is 0. The maximum Gasteiger partial charge on any atom is 0.137 e. The van der Waals surface area contributed by atoms with E-state index in [1.165, 1.54) is 17.5 Å². The topological polar surface area (TPSA) is 55.0 Å². The molecule has 0 radical (unpaired) electrons. The van der Waals surface area contributed by atoms with Gasteiger partial charge in [-0.15, -0.1) is 0 Å². The first-order valence-electron chi connectivity index (χ1n) is 7.64. The third-order valence-electron chi connectivity index (χ3n) is 3.83. The molecule has 0 aliphatic carbocycles. The van der Waals surface area contributed by atoms with E-state index in [0.717, 1.165) is 24.5 Å². The van der Waals surface area contributed by atoms with Gasteiger partial charge in [-0.3, -0.25) is 0 Å². The molecule has 4 heteroatoms. The van der Waals surface area contributed by atoms with Crippen LogP contribution < -0.4 is 10.6 Å². The molecule has 0 spiro atoms. The van der Waals surface area contributed by atoms with Gasteiger partial charge in [0, 0.05) is 18.7 Å². The van der Waals surface area contributed by atoms with Gasteiger partial charge in [-0.05, 0) is 18.1 Å². The first-order valence-corrected chi connectivity index (χ1v) is 7.64. The molecule has 23 heavy (non-hydrogen) atoms. The number of hydrogen-bond donors (Lipinski definition) is 1. The van der Waals surface area contributed by atoms with Crippen LogP contribution in [-0.4, -0.2) is 9.97 Å². The average Bonchev–Trinajstić information content (AvgIpc) is 2.59. The summed E-state index contributed by atoms with van der Waals surface area (Å²) in [5.41, 5.74) is 9.36. The Bertz CT molecular complexity index is 715. The third-order valence-corrected chi connectivity index (χ3v) is 3.83. The summed E-state index contributed by atoms with van der Waals surface area (Å²) in [6.07, 6.45) is 1.53. The highest BCUT2D eigenvalue weighted by Crippen LogP contribution is 2.24. The maximum atomic E-state index is 5.97. The number of benzene rings is 2. The van der Waals surface area contributed by atoms with Gasteiger partial charge in [0.2, 0.25) is 0 Å². The fourth-order valence-corrected chi connectivity index (χ4v) is 2.59. The van der Waals surface area contributed by atoms with E-state index in [0.29, 0.717) is 5.82 Å². The van der Waals surface area contributed by atoms with Crippen LogP contribution in [0.4, 0.5) is 11.6 Å². The van der Waals surface area contributed by atoms with Gasteiger partial charge in [-0.25, -0.2) is 9.97 Å². The maximum absolute atomic E-state index is 5.97. The van der Waals surface area contributed by atoms with Gasteiger partial charge in [0.15, 0.2) is 0 Å². The minimum absolute atomic E-state index is 0.529. The van der Waals surface area contributed by atoms with Crippen molar-refractivity contribution >= 4 is 11.6 Å². The molecule has 1 heterocycles. The lowest BCUT2D eigenvalue weighted by Gasteiger charge is -2.25. The molecule has 0 atom stereocenters. The SMILES string of the molecule is Cc1c(N)ncnc1N(Cc1ccccc1)Cc1ccccc1. The molecule has 3 rings (SSSR count). The molecule has 0 bridgehead atoms. The summed E-state index contributed by atoms with van der Waals surface area (Å²) in [6, 6.07) is 20.8. The van der Waals surface area contributed by atoms with Crippen molar-refractivity contribution in [1.29, 1.82) is 0 Å². The number of hydrogen-bond acceptors (Lipinski definition) is 4. The van der Waals surface area contributed by atoms with Gasteiger partial charge in [0.05, 0.1) is 0 Å². The first kappa shape index (κ1) is 15.0. The smallest absolute Gasteiger partial charge is 0.137 e. The molecule has 0 saturated heterocycles. The van der Waals surface area contributed by atoms with Crippen LogP contribution >= 0.6 is 0 Å². The van der Waals surface area contributed by atoms with Gasteiger partial charge in [0.25, 0.3) is 0 Å². The lowest BCUT2D eigenvalue weighted by molar-refractivity contribution is 0.776. The van der Waals surface area contributed by atoms with Crippen molar-refractivity contribution in [1.82, 2.24) is 9.97 Å². The molecule has 2 aromatic carbocycles.